The van der Waals surface area contributed by atoms with Crippen LogP contribution in [-0.2, 0) is 9.59 Å². The highest BCUT2D eigenvalue weighted by molar-refractivity contribution is 6.08. The molecule has 1 aromatic heterocycles. The van der Waals surface area contributed by atoms with E-state index in [0.717, 1.165) is 0 Å². The van der Waals surface area contributed by atoms with Crippen LogP contribution in [0.5, 0.6) is 0 Å². The number of nitrogens with one attached hydrogen (secondary N) is 2. The number of hydrogen-bond donors (Lipinski definition) is 3. The molecule has 3 N–H and O–H groups in total. The van der Waals surface area contributed by atoms with Gasteiger partial charge in [-0.1, -0.05) is 0 Å². The highest BCUT2D eigenvalue weighted by atomic mass is 19.4. The molecule has 0 saturated carbocycles. The molecule has 1 rings (SSSR count). The number of hydrogen-bond acceptors (Lipinski definition) is 4. The number of carbonyl (C=O) groups is 3. The van der Waals surface area contributed by atoms with Gasteiger partial charge in [-0.05, 0) is 6.92 Å². The van der Waals surface area contributed by atoms with Crippen LogP contribution in [-0.4, -0.2) is 39.1 Å². The molecule has 104 valence electrons. The topological polar surface area (TPSA) is 112 Å². The lowest BCUT2D eigenvalue weighted by atomic mass is 10.2. The number of carbonyl (C=O) groups excluding carboxylic acids is 2. The van der Waals surface area contributed by atoms with Crippen molar-refractivity contribution in [2.24, 2.45) is 0 Å². The molecular formula is C9H8F3N3O4. The van der Waals surface area contributed by atoms with Gasteiger partial charge in [0.1, 0.15) is 5.56 Å². The van der Waals surface area contributed by atoms with Crippen LogP contribution in [0.15, 0.2) is 0 Å². The quantitative estimate of drug-likeness (QED) is 0.708. The molecule has 10 heteroatoms. The van der Waals surface area contributed by atoms with Crippen LogP contribution in [0.3, 0.4) is 0 Å². The monoisotopic (exact) mass is 279 g/mol. The molecule has 0 aliphatic carbocycles. The Morgan fingerprint density at radius 1 is 1.37 bits per heavy atom. The van der Waals surface area contributed by atoms with E-state index in [4.69, 9.17) is 5.11 Å². The molecule has 0 aliphatic rings. The normalized spacial score (nSPS) is 11.2. The van der Waals surface area contributed by atoms with E-state index in [1.807, 2.05) is 5.32 Å². The van der Waals surface area contributed by atoms with E-state index < -0.39 is 36.1 Å². The Kier molecular flexibility index (Phi) is 3.92. The van der Waals surface area contributed by atoms with Crippen molar-refractivity contribution in [3.05, 3.63) is 11.3 Å². The van der Waals surface area contributed by atoms with Gasteiger partial charge in [-0.3, -0.25) is 14.7 Å². The number of alkyl halides is 3. The SMILES string of the molecule is Cc1[nH]nc(NC(=O)CC(=O)C(F)(F)F)c1C(=O)O. The van der Waals surface area contributed by atoms with Gasteiger partial charge in [0.25, 0.3) is 0 Å². The first-order valence-corrected chi connectivity index (χ1v) is 4.81. The predicted octanol–water partition coefficient (Wildman–Crippen LogP) is 0.876. The van der Waals surface area contributed by atoms with E-state index in [0.29, 0.717) is 0 Å². The highest BCUT2D eigenvalue weighted by Gasteiger charge is 2.39. The van der Waals surface area contributed by atoms with Gasteiger partial charge in [-0.15, -0.1) is 0 Å². The minimum absolute atomic E-state index is 0.116. The first-order valence-electron chi connectivity index (χ1n) is 4.81. The van der Waals surface area contributed by atoms with Crippen molar-refractivity contribution in [1.29, 1.82) is 0 Å². The lowest BCUT2D eigenvalue weighted by Gasteiger charge is -2.05. The summed E-state index contributed by atoms with van der Waals surface area (Å²) in [6, 6.07) is 0. The number of aromatic carboxylic acids is 1. The van der Waals surface area contributed by atoms with Crippen molar-refractivity contribution in [2.45, 2.75) is 19.5 Å². The van der Waals surface area contributed by atoms with Crippen molar-refractivity contribution < 1.29 is 32.7 Å². The summed E-state index contributed by atoms with van der Waals surface area (Å²) in [6.07, 6.45) is -6.55. The molecular weight excluding hydrogens is 271 g/mol. The van der Waals surface area contributed by atoms with Crippen molar-refractivity contribution >= 4 is 23.5 Å². The minimum Gasteiger partial charge on any atom is -0.477 e. The molecule has 0 spiro atoms. The fraction of sp³-hybridized carbons (Fsp3) is 0.333. The molecule has 1 aromatic rings. The highest BCUT2D eigenvalue weighted by Crippen LogP contribution is 2.19. The van der Waals surface area contributed by atoms with E-state index in [1.54, 1.807) is 0 Å². The smallest absolute Gasteiger partial charge is 0.450 e. The van der Waals surface area contributed by atoms with Crippen LogP contribution in [0.4, 0.5) is 19.0 Å². The van der Waals surface area contributed by atoms with Crippen molar-refractivity contribution in [3.63, 3.8) is 0 Å². The molecule has 0 atom stereocenters. The molecule has 0 aromatic carbocycles. The van der Waals surface area contributed by atoms with E-state index in [1.165, 1.54) is 6.92 Å². The maximum absolute atomic E-state index is 11.9. The fourth-order valence-corrected chi connectivity index (χ4v) is 1.20. The molecule has 0 aliphatic heterocycles. The maximum atomic E-state index is 11.9. The summed E-state index contributed by atoms with van der Waals surface area (Å²) in [6.45, 7) is 1.35. The van der Waals surface area contributed by atoms with Crippen LogP contribution in [0.25, 0.3) is 0 Å². The number of aromatic amines is 1. The fourth-order valence-electron chi connectivity index (χ4n) is 1.20. The van der Waals surface area contributed by atoms with Crippen LogP contribution >= 0.6 is 0 Å². The summed E-state index contributed by atoms with van der Waals surface area (Å²) in [5.74, 6) is -5.38. The first kappa shape index (κ1) is 14.7. The van der Waals surface area contributed by atoms with Gasteiger partial charge in [0, 0.05) is 5.69 Å². The van der Waals surface area contributed by atoms with Crippen LogP contribution in [0, 0.1) is 6.92 Å². The van der Waals surface area contributed by atoms with Gasteiger partial charge >= 0.3 is 12.1 Å². The van der Waals surface area contributed by atoms with E-state index in [9.17, 15) is 27.6 Å². The third-order valence-corrected chi connectivity index (χ3v) is 2.06. The number of H-pyrrole nitrogens is 1. The van der Waals surface area contributed by atoms with E-state index >= 15 is 0 Å². The number of anilines is 1. The zero-order chi connectivity index (χ0) is 14.8. The zero-order valence-corrected chi connectivity index (χ0v) is 9.46. The third kappa shape index (κ3) is 3.53. The van der Waals surface area contributed by atoms with Crippen LogP contribution < -0.4 is 5.32 Å². The molecule has 1 amide bonds. The molecule has 19 heavy (non-hydrogen) atoms. The average molecular weight is 279 g/mol. The van der Waals surface area contributed by atoms with Crippen molar-refractivity contribution in [2.75, 3.05) is 5.32 Å². The zero-order valence-electron chi connectivity index (χ0n) is 9.46. The number of carboxylic acids is 1. The second-order valence-electron chi connectivity index (χ2n) is 3.52. The number of carboxylic acid groups (broad SMARTS) is 1. The molecule has 0 radical (unpaired) electrons. The molecule has 0 unspecified atom stereocenters. The largest absolute Gasteiger partial charge is 0.477 e. The van der Waals surface area contributed by atoms with E-state index in [-0.39, 0.29) is 11.3 Å². The van der Waals surface area contributed by atoms with Gasteiger partial charge in [0.05, 0.1) is 6.42 Å². The molecule has 0 bridgehead atoms. The summed E-state index contributed by atoms with van der Waals surface area (Å²) >= 11 is 0. The average Bonchev–Trinajstić information content (AvgIpc) is 2.57. The number of Topliss-reactive ketones (excluding diaryl/α,β-unsaturated/α-hetero) is 1. The number of amides is 1. The summed E-state index contributed by atoms with van der Waals surface area (Å²) in [5, 5.41) is 16.3. The van der Waals surface area contributed by atoms with Crippen LogP contribution in [0.1, 0.15) is 22.5 Å². The Morgan fingerprint density at radius 2 is 1.95 bits per heavy atom. The summed E-state index contributed by atoms with van der Waals surface area (Å²) in [5.41, 5.74) is -0.266. The van der Waals surface area contributed by atoms with Crippen LogP contribution in [0.2, 0.25) is 0 Å². The number of rotatable bonds is 4. The maximum Gasteiger partial charge on any atom is 0.450 e. The lowest BCUT2D eigenvalue weighted by Crippen LogP contribution is -2.28. The second-order valence-corrected chi connectivity index (χ2v) is 3.52. The van der Waals surface area contributed by atoms with Gasteiger partial charge in [0.15, 0.2) is 5.82 Å². The summed E-state index contributed by atoms with van der Waals surface area (Å²) < 4.78 is 35.7. The second kappa shape index (κ2) is 5.08. The Balaban J connectivity index is 2.79. The van der Waals surface area contributed by atoms with Gasteiger partial charge in [-0.25, -0.2) is 4.79 Å². The number of aryl methyl sites for hydroxylation is 1. The van der Waals surface area contributed by atoms with Crippen molar-refractivity contribution in [3.8, 4) is 0 Å². The number of halogens is 3. The summed E-state index contributed by atoms with van der Waals surface area (Å²) in [4.78, 5) is 32.5. The van der Waals surface area contributed by atoms with Gasteiger partial charge < -0.3 is 10.4 Å². The molecule has 7 nitrogen and oxygen atoms in total. The van der Waals surface area contributed by atoms with Crippen molar-refractivity contribution in [1.82, 2.24) is 10.2 Å². The summed E-state index contributed by atoms with van der Waals surface area (Å²) in [7, 11) is 0. The third-order valence-electron chi connectivity index (χ3n) is 2.06. The van der Waals surface area contributed by atoms with Gasteiger partial charge in [0.2, 0.25) is 11.7 Å². The van der Waals surface area contributed by atoms with Gasteiger partial charge in [-0.2, -0.15) is 18.3 Å². The number of nitrogens with zero attached hydrogens (tertiary/aromatic N) is 1. The van der Waals surface area contributed by atoms with E-state index in [2.05, 4.69) is 10.2 Å². The predicted molar refractivity (Wildman–Crippen MR) is 54.6 cm³/mol. The standard InChI is InChI=1S/C9H8F3N3O4/c1-3-6(8(18)19)7(15-14-3)13-5(17)2-4(16)9(10,11)12/h2H2,1H3,(H,18,19)(H2,13,14,15,17). The lowest BCUT2D eigenvalue weighted by molar-refractivity contribution is -0.171. The molecule has 1 heterocycles. The Bertz CT molecular complexity index is 535. The Labute approximate surface area is 103 Å². The Morgan fingerprint density at radius 3 is 2.42 bits per heavy atom. The first-order chi connectivity index (χ1) is 8.62. The molecule has 0 saturated heterocycles. The Hall–Kier alpha value is -2.39. The number of aromatic nitrogens is 2. The number of ketones is 1. The molecule has 0 fully saturated rings. The minimum atomic E-state index is -5.12.